The molecule has 0 bridgehead atoms. The van der Waals surface area contributed by atoms with Gasteiger partial charge in [0.25, 0.3) is 0 Å². The summed E-state index contributed by atoms with van der Waals surface area (Å²) >= 11 is 0. The third kappa shape index (κ3) is 66.3. The Hall–Kier alpha value is -4.28. The molecule has 0 rings (SSSR count). The van der Waals surface area contributed by atoms with Crippen LogP contribution in [0.15, 0.2) is 109 Å². The maximum absolute atomic E-state index is 13.0. The largest absolute Gasteiger partial charge is 0.472 e. The third-order valence-corrected chi connectivity index (χ3v) is 16.7. The van der Waals surface area contributed by atoms with Crippen molar-refractivity contribution in [3.63, 3.8) is 0 Å². The van der Waals surface area contributed by atoms with E-state index < -0.39 is 97.5 Å². The van der Waals surface area contributed by atoms with E-state index in [-0.39, 0.29) is 25.7 Å². The fraction of sp³-hybridized carbons (Fsp3) is 0.707. The minimum Gasteiger partial charge on any atom is -0.462 e. The average Bonchev–Trinajstić information content (AvgIpc) is 1.35. The number of unbranched alkanes of at least 4 members (excludes halogenated alkanes) is 24. The van der Waals surface area contributed by atoms with Crippen molar-refractivity contribution in [1.82, 2.24) is 0 Å². The molecule has 3 N–H and O–H groups in total. The van der Waals surface area contributed by atoms with Crippen LogP contribution in [-0.4, -0.2) is 96.7 Å². The Morgan fingerprint density at radius 3 is 0.947 bits per heavy atom. The topological polar surface area (TPSA) is 237 Å². The molecule has 17 nitrogen and oxygen atoms in total. The van der Waals surface area contributed by atoms with Crippen molar-refractivity contribution < 1.29 is 80.2 Å². The van der Waals surface area contributed by atoms with E-state index in [1.165, 1.54) is 89.9 Å². The number of carbonyl (C=O) groups excluding carboxylic acids is 4. The molecule has 540 valence electrons. The second-order valence-electron chi connectivity index (χ2n) is 23.8. The lowest BCUT2D eigenvalue weighted by atomic mass is 10.0. The summed E-state index contributed by atoms with van der Waals surface area (Å²) in [6.07, 6.45) is 69.9. The van der Waals surface area contributed by atoms with Gasteiger partial charge in [-0.2, -0.15) is 0 Å². The smallest absolute Gasteiger partial charge is 0.462 e. The minimum atomic E-state index is -4.99. The third-order valence-electron chi connectivity index (χ3n) is 14.8. The number of phosphoric acid groups is 2. The summed E-state index contributed by atoms with van der Waals surface area (Å²) in [7, 11) is -9.97. The highest BCUT2D eigenvalue weighted by atomic mass is 31.2. The van der Waals surface area contributed by atoms with E-state index in [9.17, 15) is 43.2 Å². The Morgan fingerprint density at radius 1 is 0.319 bits per heavy atom. The van der Waals surface area contributed by atoms with Gasteiger partial charge >= 0.3 is 39.5 Å². The maximum atomic E-state index is 13.0. The molecule has 94 heavy (non-hydrogen) atoms. The van der Waals surface area contributed by atoms with Crippen LogP contribution in [0.2, 0.25) is 0 Å². The zero-order chi connectivity index (χ0) is 69.0. The van der Waals surface area contributed by atoms with Crippen LogP contribution < -0.4 is 0 Å². The Morgan fingerprint density at radius 2 is 0.596 bits per heavy atom. The first-order valence-electron chi connectivity index (χ1n) is 36.1. The molecule has 0 aromatic rings. The van der Waals surface area contributed by atoms with Gasteiger partial charge in [-0.1, -0.05) is 278 Å². The fourth-order valence-electron chi connectivity index (χ4n) is 9.34. The number of allylic oxidation sites excluding steroid dienone is 17. The van der Waals surface area contributed by atoms with Crippen LogP contribution in [-0.2, 0) is 65.4 Å². The zero-order valence-corrected chi connectivity index (χ0v) is 60.4. The average molecular weight is 1360 g/mol. The van der Waals surface area contributed by atoms with E-state index in [4.69, 9.17) is 37.0 Å². The molecule has 0 aromatic heterocycles. The van der Waals surface area contributed by atoms with Gasteiger partial charge in [-0.05, 0) is 89.9 Å². The van der Waals surface area contributed by atoms with Crippen LogP contribution in [0, 0.1) is 0 Å². The van der Waals surface area contributed by atoms with E-state index in [2.05, 4.69) is 113 Å². The van der Waals surface area contributed by atoms with Crippen molar-refractivity contribution in [3.8, 4) is 0 Å². The number of rotatable bonds is 67. The molecule has 19 heteroatoms. The standard InChI is InChI=1S/C75H128O17P2/c1-5-9-13-17-21-25-29-32-34-37-40-43-47-51-55-59-72(77)85-65-70(91-74(79)61-57-53-49-45-39-28-24-20-16-12-8-4)67-89-93(81,82)87-63-69(76)64-88-94(83,84)90-68-71(92-75(80)62-58-54-50-46-42-36-31-27-23-19-15-11-7-3)66-86-73(78)60-56-52-48-44-41-38-35-33-30-26-22-18-14-10-6-2/h9-10,13-14,21-22,25-26,32-35,40-41,43-44,51,55,69-71,76H,5-8,11-12,15-20,23-24,27-31,36-39,42,45-50,52-54,56-68H2,1-4H3,(H,81,82)(H,83,84)/b13-9-,14-10-,25-21-,26-22-,34-32-,35-33-,43-40-,44-41-,55-51-. The van der Waals surface area contributed by atoms with Crippen molar-refractivity contribution in [2.45, 2.75) is 303 Å². The van der Waals surface area contributed by atoms with E-state index >= 15 is 0 Å². The molecule has 0 aliphatic rings. The summed E-state index contributed by atoms with van der Waals surface area (Å²) in [6, 6.07) is 0. The Labute approximate surface area is 569 Å². The zero-order valence-electron chi connectivity index (χ0n) is 58.6. The predicted molar refractivity (Wildman–Crippen MR) is 381 cm³/mol. The number of aliphatic hydroxyl groups is 1. The SMILES string of the molecule is CC/C=C\C/C=C\C/C=C\C/C=C\C/C=C\CC(=O)OCC(COP(=O)(O)OCC(O)COP(=O)(O)OCC(COC(=O)CCCC/C=C\C/C=C\C/C=C\C/C=C\CC)OC(=O)CCCCCCCCCCCCCCC)OC(=O)CCCCCCCCCCCCC. The minimum absolute atomic E-state index is 0.0703. The molecule has 0 radical (unpaired) electrons. The summed E-state index contributed by atoms with van der Waals surface area (Å²) in [5.41, 5.74) is 0. The maximum Gasteiger partial charge on any atom is 0.472 e. The molecule has 0 amide bonds. The van der Waals surface area contributed by atoms with E-state index in [0.717, 1.165) is 116 Å². The van der Waals surface area contributed by atoms with Crippen molar-refractivity contribution in [2.75, 3.05) is 39.6 Å². The summed E-state index contributed by atoms with van der Waals surface area (Å²) in [6.45, 7) is 4.47. The second kappa shape index (κ2) is 67.3. The van der Waals surface area contributed by atoms with Crippen molar-refractivity contribution in [3.05, 3.63) is 109 Å². The molecule has 0 aromatic carbocycles. The molecule has 0 spiro atoms. The molecule has 5 unspecified atom stereocenters. The van der Waals surface area contributed by atoms with E-state index in [1.807, 2.05) is 18.2 Å². The van der Waals surface area contributed by atoms with Crippen LogP contribution in [0.1, 0.15) is 285 Å². The van der Waals surface area contributed by atoms with Gasteiger partial charge in [0.15, 0.2) is 12.2 Å². The Balaban J connectivity index is 5.41. The van der Waals surface area contributed by atoms with Gasteiger partial charge < -0.3 is 33.8 Å². The monoisotopic (exact) mass is 1360 g/mol. The Bertz CT molecular complexity index is 2220. The second-order valence-corrected chi connectivity index (χ2v) is 26.7. The summed E-state index contributed by atoms with van der Waals surface area (Å²) < 4.78 is 68.1. The Kier molecular flexibility index (Phi) is 64.2. The first-order valence-corrected chi connectivity index (χ1v) is 39.1. The van der Waals surface area contributed by atoms with Crippen LogP contribution in [0.5, 0.6) is 0 Å². The molecular weight excluding hydrogens is 1230 g/mol. The number of aliphatic hydroxyl groups excluding tert-OH is 1. The number of carbonyl (C=O) groups is 4. The van der Waals surface area contributed by atoms with Gasteiger partial charge in [0.1, 0.15) is 19.3 Å². The van der Waals surface area contributed by atoms with Crippen LogP contribution in [0.25, 0.3) is 0 Å². The van der Waals surface area contributed by atoms with Crippen LogP contribution >= 0.6 is 15.6 Å². The van der Waals surface area contributed by atoms with E-state index in [1.54, 1.807) is 6.08 Å². The highest BCUT2D eigenvalue weighted by molar-refractivity contribution is 7.47. The molecule has 0 fully saturated rings. The number of hydrogen-bond donors (Lipinski definition) is 3. The first-order chi connectivity index (χ1) is 45.7. The van der Waals surface area contributed by atoms with Crippen LogP contribution in [0.4, 0.5) is 0 Å². The summed E-state index contributed by atoms with van der Waals surface area (Å²) in [5, 5.41) is 10.6. The number of esters is 4. The lowest BCUT2D eigenvalue weighted by Gasteiger charge is -2.21. The molecular formula is C75H128O17P2. The molecule has 0 saturated carbocycles. The highest BCUT2D eigenvalue weighted by Crippen LogP contribution is 2.45. The number of ether oxygens (including phenoxy) is 4. The van der Waals surface area contributed by atoms with Crippen molar-refractivity contribution in [2.24, 2.45) is 0 Å². The number of hydrogen-bond acceptors (Lipinski definition) is 15. The first kappa shape index (κ1) is 89.7. The van der Waals surface area contributed by atoms with E-state index in [0.29, 0.717) is 25.7 Å². The normalized spacial score (nSPS) is 14.7. The van der Waals surface area contributed by atoms with Gasteiger partial charge in [0, 0.05) is 19.3 Å². The number of phosphoric ester groups is 2. The van der Waals surface area contributed by atoms with Gasteiger partial charge in [-0.25, -0.2) is 9.13 Å². The van der Waals surface area contributed by atoms with Gasteiger partial charge in [-0.15, -0.1) is 0 Å². The highest BCUT2D eigenvalue weighted by Gasteiger charge is 2.30. The molecule has 0 saturated heterocycles. The fourth-order valence-corrected chi connectivity index (χ4v) is 10.9. The predicted octanol–water partition coefficient (Wildman–Crippen LogP) is 20.2. The van der Waals surface area contributed by atoms with Crippen molar-refractivity contribution >= 4 is 39.5 Å². The molecule has 5 atom stereocenters. The van der Waals surface area contributed by atoms with Gasteiger partial charge in [0.2, 0.25) is 0 Å². The van der Waals surface area contributed by atoms with Crippen LogP contribution in [0.3, 0.4) is 0 Å². The van der Waals surface area contributed by atoms with Gasteiger partial charge in [-0.3, -0.25) is 37.3 Å². The lowest BCUT2D eigenvalue weighted by molar-refractivity contribution is -0.161. The molecule has 0 aliphatic carbocycles. The van der Waals surface area contributed by atoms with Crippen molar-refractivity contribution in [1.29, 1.82) is 0 Å². The lowest BCUT2D eigenvalue weighted by Crippen LogP contribution is -2.30. The van der Waals surface area contributed by atoms with Gasteiger partial charge in [0.05, 0.1) is 32.8 Å². The summed E-state index contributed by atoms with van der Waals surface area (Å²) in [5.74, 6) is -2.36. The molecule has 0 aliphatic heterocycles. The molecule has 0 heterocycles. The quantitative estimate of drug-likeness (QED) is 0.0169. The summed E-state index contributed by atoms with van der Waals surface area (Å²) in [4.78, 5) is 72.5.